The van der Waals surface area contributed by atoms with Gasteiger partial charge in [0, 0.05) is 17.8 Å². The summed E-state index contributed by atoms with van der Waals surface area (Å²) in [5.41, 5.74) is 5.53. The maximum atomic E-state index is 14.3. The van der Waals surface area contributed by atoms with E-state index in [-0.39, 0.29) is 0 Å². The quantitative estimate of drug-likeness (QED) is 0.773. The average Bonchev–Trinajstić information content (AvgIpc) is 2.15. The van der Waals surface area contributed by atoms with Crippen LogP contribution in [-0.2, 0) is 5.67 Å². The molecule has 0 spiro atoms. The van der Waals surface area contributed by atoms with Crippen LogP contribution in [0.4, 0.5) is 10.1 Å². The second kappa shape index (κ2) is 4.62. The van der Waals surface area contributed by atoms with Gasteiger partial charge in [-0.25, -0.2) is 4.39 Å². The molecule has 1 aromatic rings. The van der Waals surface area contributed by atoms with Crippen LogP contribution in [0.15, 0.2) is 24.3 Å². The fraction of sp³-hybridized carbons (Fsp3) is 0.500. The van der Waals surface area contributed by atoms with Crippen molar-refractivity contribution in [2.24, 2.45) is 0 Å². The van der Waals surface area contributed by atoms with Crippen LogP contribution >= 0.6 is 0 Å². The third-order valence-electron chi connectivity index (χ3n) is 2.55. The number of rotatable bonds is 4. The van der Waals surface area contributed by atoms with E-state index < -0.39 is 5.67 Å². The number of hydrogen-bond acceptors (Lipinski definition) is 2. The Morgan fingerprint density at radius 3 is 2.47 bits per heavy atom. The van der Waals surface area contributed by atoms with Crippen molar-refractivity contribution in [2.45, 2.75) is 19.0 Å². The SMILES string of the molecule is CN(C)CCC(C)(F)c1ccccc1N. The summed E-state index contributed by atoms with van der Waals surface area (Å²) in [6, 6.07) is 7.13. The van der Waals surface area contributed by atoms with Crippen LogP contribution in [0.2, 0.25) is 0 Å². The molecule has 0 saturated carbocycles. The lowest BCUT2D eigenvalue weighted by molar-refractivity contribution is 0.159. The molecular weight excluding hydrogens is 191 g/mol. The summed E-state index contributed by atoms with van der Waals surface area (Å²) in [5.74, 6) is 0. The van der Waals surface area contributed by atoms with Crippen molar-refractivity contribution in [2.75, 3.05) is 26.4 Å². The molecular formula is C12H19FN2. The average molecular weight is 210 g/mol. The van der Waals surface area contributed by atoms with E-state index in [2.05, 4.69) is 0 Å². The standard InChI is InChI=1S/C12H19FN2/c1-12(13,8-9-15(2)3)10-6-4-5-7-11(10)14/h4-7H,8-9,14H2,1-3H3. The maximum Gasteiger partial charge on any atom is 0.136 e. The molecule has 3 heteroatoms. The third-order valence-corrected chi connectivity index (χ3v) is 2.55. The molecule has 0 aromatic heterocycles. The molecule has 1 rings (SSSR count). The van der Waals surface area contributed by atoms with Crippen molar-refractivity contribution in [3.63, 3.8) is 0 Å². The number of benzene rings is 1. The fourth-order valence-electron chi connectivity index (χ4n) is 1.54. The van der Waals surface area contributed by atoms with Crippen LogP contribution in [0.25, 0.3) is 0 Å². The van der Waals surface area contributed by atoms with Crippen LogP contribution in [0.3, 0.4) is 0 Å². The molecule has 0 saturated heterocycles. The highest BCUT2D eigenvalue weighted by Gasteiger charge is 2.27. The highest BCUT2D eigenvalue weighted by molar-refractivity contribution is 5.49. The molecule has 0 radical (unpaired) electrons. The van der Waals surface area contributed by atoms with Gasteiger partial charge in [-0.15, -0.1) is 0 Å². The molecule has 1 aromatic carbocycles. The third kappa shape index (κ3) is 3.20. The van der Waals surface area contributed by atoms with Crippen molar-refractivity contribution in [3.8, 4) is 0 Å². The zero-order valence-electron chi connectivity index (χ0n) is 9.63. The normalized spacial score (nSPS) is 15.3. The number of nitrogens with two attached hydrogens (primary N) is 1. The summed E-state index contributed by atoms with van der Waals surface area (Å²) in [6.07, 6.45) is 0.453. The van der Waals surface area contributed by atoms with Crippen LogP contribution in [0.1, 0.15) is 18.9 Å². The number of nitrogen functional groups attached to an aromatic ring is 1. The first kappa shape index (κ1) is 12.0. The van der Waals surface area contributed by atoms with Gasteiger partial charge in [-0.1, -0.05) is 18.2 Å². The Labute approximate surface area is 90.9 Å². The van der Waals surface area contributed by atoms with Crippen molar-refractivity contribution < 1.29 is 4.39 Å². The second-order valence-electron chi connectivity index (χ2n) is 4.34. The van der Waals surface area contributed by atoms with Crippen molar-refractivity contribution in [3.05, 3.63) is 29.8 Å². The Morgan fingerprint density at radius 2 is 1.93 bits per heavy atom. The first-order chi connectivity index (χ1) is 6.93. The Kier molecular flexibility index (Phi) is 3.69. The number of alkyl halides is 1. The summed E-state index contributed by atoms with van der Waals surface area (Å²) >= 11 is 0. The van der Waals surface area contributed by atoms with E-state index in [1.807, 2.05) is 31.1 Å². The topological polar surface area (TPSA) is 29.3 Å². The van der Waals surface area contributed by atoms with Gasteiger partial charge in [0.2, 0.25) is 0 Å². The van der Waals surface area contributed by atoms with E-state index in [1.165, 1.54) is 0 Å². The first-order valence-corrected chi connectivity index (χ1v) is 5.12. The molecule has 0 aliphatic carbocycles. The van der Waals surface area contributed by atoms with Gasteiger partial charge >= 0.3 is 0 Å². The first-order valence-electron chi connectivity index (χ1n) is 5.12. The Bertz CT molecular complexity index is 321. The summed E-state index contributed by atoms with van der Waals surface area (Å²) in [5, 5.41) is 0. The molecule has 1 unspecified atom stereocenters. The summed E-state index contributed by atoms with van der Waals surface area (Å²) < 4.78 is 14.3. The largest absolute Gasteiger partial charge is 0.398 e. The van der Waals surface area contributed by atoms with Gasteiger partial charge in [-0.3, -0.25) is 0 Å². The molecule has 84 valence electrons. The molecule has 0 aliphatic rings. The van der Waals surface area contributed by atoms with Gasteiger partial charge in [0.25, 0.3) is 0 Å². The van der Waals surface area contributed by atoms with Crippen LogP contribution in [0.5, 0.6) is 0 Å². The van der Waals surface area contributed by atoms with Gasteiger partial charge in [0.1, 0.15) is 5.67 Å². The van der Waals surface area contributed by atoms with Gasteiger partial charge in [0.05, 0.1) is 0 Å². The summed E-state index contributed by atoms with van der Waals surface area (Å²) in [4.78, 5) is 1.97. The van der Waals surface area contributed by atoms with Crippen molar-refractivity contribution in [1.82, 2.24) is 4.90 Å². The van der Waals surface area contributed by atoms with E-state index in [0.29, 0.717) is 24.2 Å². The predicted octanol–water partition coefficient (Wildman–Crippen LogP) is 2.41. The van der Waals surface area contributed by atoms with E-state index in [9.17, 15) is 4.39 Å². The molecule has 2 nitrogen and oxygen atoms in total. The molecule has 0 aliphatic heterocycles. The Morgan fingerprint density at radius 1 is 1.33 bits per heavy atom. The van der Waals surface area contributed by atoms with E-state index >= 15 is 0 Å². The Hall–Kier alpha value is -1.09. The van der Waals surface area contributed by atoms with Gasteiger partial charge < -0.3 is 10.6 Å². The van der Waals surface area contributed by atoms with Crippen molar-refractivity contribution in [1.29, 1.82) is 0 Å². The van der Waals surface area contributed by atoms with Crippen LogP contribution in [0, 0.1) is 0 Å². The van der Waals surface area contributed by atoms with Gasteiger partial charge in [-0.2, -0.15) is 0 Å². The molecule has 0 bridgehead atoms. The number of hydrogen-bond donors (Lipinski definition) is 1. The Balaban J connectivity index is 2.81. The lowest BCUT2D eigenvalue weighted by atomic mass is 9.93. The lowest BCUT2D eigenvalue weighted by Gasteiger charge is -2.24. The van der Waals surface area contributed by atoms with Gasteiger partial charge in [0.15, 0.2) is 0 Å². The maximum absolute atomic E-state index is 14.3. The molecule has 0 fully saturated rings. The number of anilines is 1. The molecule has 0 heterocycles. The van der Waals surface area contributed by atoms with Crippen LogP contribution < -0.4 is 5.73 Å². The monoisotopic (exact) mass is 210 g/mol. The predicted molar refractivity (Wildman–Crippen MR) is 62.5 cm³/mol. The minimum Gasteiger partial charge on any atom is -0.398 e. The highest BCUT2D eigenvalue weighted by atomic mass is 19.1. The van der Waals surface area contributed by atoms with Gasteiger partial charge in [-0.05, 0) is 33.5 Å². The van der Waals surface area contributed by atoms with E-state index in [0.717, 1.165) is 0 Å². The zero-order chi connectivity index (χ0) is 11.5. The molecule has 0 amide bonds. The minimum atomic E-state index is -1.35. The molecule has 15 heavy (non-hydrogen) atoms. The minimum absolute atomic E-state index is 0.453. The molecule has 2 N–H and O–H groups in total. The van der Waals surface area contributed by atoms with E-state index in [1.54, 1.807) is 19.1 Å². The smallest absolute Gasteiger partial charge is 0.136 e. The highest BCUT2D eigenvalue weighted by Crippen LogP contribution is 2.32. The number of halogens is 1. The number of nitrogens with zero attached hydrogens (tertiary/aromatic N) is 1. The van der Waals surface area contributed by atoms with Crippen molar-refractivity contribution >= 4 is 5.69 Å². The van der Waals surface area contributed by atoms with E-state index in [4.69, 9.17) is 5.73 Å². The summed E-state index contributed by atoms with van der Waals surface area (Å²) in [6.45, 7) is 2.30. The lowest BCUT2D eigenvalue weighted by Crippen LogP contribution is -2.24. The molecule has 1 atom stereocenters. The summed E-state index contributed by atoms with van der Waals surface area (Å²) in [7, 11) is 3.87. The fourth-order valence-corrected chi connectivity index (χ4v) is 1.54. The second-order valence-corrected chi connectivity index (χ2v) is 4.34. The van der Waals surface area contributed by atoms with Crippen LogP contribution in [-0.4, -0.2) is 25.5 Å². The number of para-hydroxylation sites is 1. The zero-order valence-corrected chi connectivity index (χ0v) is 9.63.